The van der Waals surface area contributed by atoms with E-state index in [0.717, 1.165) is 16.7 Å². The van der Waals surface area contributed by atoms with Crippen LogP contribution < -0.4 is 5.84 Å². The number of nitrogen functional groups attached to an aromatic ring is 1. The van der Waals surface area contributed by atoms with Gasteiger partial charge in [0, 0.05) is 12.0 Å². The molecule has 0 aliphatic heterocycles. The molecule has 2 heterocycles. The van der Waals surface area contributed by atoms with Crippen molar-refractivity contribution in [3.05, 3.63) is 77.2 Å². The summed E-state index contributed by atoms with van der Waals surface area (Å²) >= 11 is 1.38. The number of halogens is 1. The molecule has 29 heavy (non-hydrogen) atoms. The molecule has 0 aliphatic rings. The van der Waals surface area contributed by atoms with Crippen LogP contribution in [-0.4, -0.2) is 25.1 Å². The lowest BCUT2D eigenvalue weighted by Gasteiger charge is -2.07. The molecule has 0 fully saturated rings. The summed E-state index contributed by atoms with van der Waals surface area (Å²) in [6.07, 6.45) is 0.455. The third-order valence-corrected chi connectivity index (χ3v) is 5.42. The molecular weight excluding hydrogens is 391 g/mol. The van der Waals surface area contributed by atoms with Gasteiger partial charge in [0.05, 0.1) is 5.25 Å². The maximum Gasteiger partial charge on any atom is 0.247 e. The molecule has 148 valence electrons. The molecular formula is C20H19FN6OS. The van der Waals surface area contributed by atoms with E-state index in [0.29, 0.717) is 29.2 Å². The highest BCUT2D eigenvalue weighted by molar-refractivity contribution is 7.99. The van der Waals surface area contributed by atoms with E-state index in [9.17, 15) is 4.39 Å². The predicted octanol–water partition coefficient (Wildman–Crippen LogP) is 3.93. The summed E-state index contributed by atoms with van der Waals surface area (Å²) in [7, 11) is 0. The van der Waals surface area contributed by atoms with Crippen LogP contribution in [0.3, 0.4) is 0 Å². The van der Waals surface area contributed by atoms with Crippen LogP contribution in [-0.2, 0) is 6.42 Å². The number of nitrogens with zero attached hydrogens (tertiary/aromatic N) is 5. The van der Waals surface area contributed by atoms with Crippen LogP contribution in [0.2, 0.25) is 0 Å². The Morgan fingerprint density at radius 3 is 2.48 bits per heavy atom. The van der Waals surface area contributed by atoms with E-state index >= 15 is 0 Å². The molecule has 2 N–H and O–H groups in total. The Morgan fingerprint density at radius 2 is 1.76 bits per heavy atom. The van der Waals surface area contributed by atoms with Gasteiger partial charge in [0.1, 0.15) is 5.82 Å². The third-order valence-electron chi connectivity index (χ3n) is 4.38. The van der Waals surface area contributed by atoms with Gasteiger partial charge in [-0.15, -0.1) is 20.4 Å². The average Bonchev–Trinajstić information content (AvgIpc) is 3.33. The molecule has 0 unspecified atom stereocenters. The first-order chi connectivity index (χ1) is 14.0. The van der Waals surface area contributed by atoms with Gasteiger partial charge in [0.2, 0.25) is 16.9 Å². The normalized spacial score (nSPS) is 12.2. The molecule has 4 aromatic rings. The first-order valence-electron chi connectivity index (χ1n) is 9.00. The van der Waals surface area contributed by atoms with Gasteiger partial charge in [0.15, 0.2) is 5.82 Å². The molecule has 2 aromatic carbocycles. The minimum absolute atomic E-state index is 0.160. The zero-order chi connectivity index (χ0) is 20.4. The van der Waals surface area contributed by atoms with Crippen molar-refractivity contribution in [3.63, 3.8) is 0 Å². The lowest BCUT2D eigenvalue weighted by molar-refractivity contribution is 0.508. The van der Waals surface area contributed by atoms with Crippen LogP contribution in [0, 0.1) is 12.7 Å². The minimum Gasteiger partial charge on any atom is -0.419 e. The van der Waals surface area contributed by atoms with Crippen LogP contribution >= 0.6 is 11.8 Å². The molecule has 0 aliphatic carbocycles. The molecule has 1 atom stereocenters. The molecule has 0 amide bonds. The zero-order valence-corrected chi connectivity index (χ0v) is 16.7. The molecule has 0 radical (unpaired) electrons. The smallest absolute Gasteiger partial charge is 0.247 e. The lowest BCUT2D eigenvalue weighted by atomic mass is 10.1. The highest BCUT2D eigenvalue weighted by atomic mass is 32.2. The number of aryl methyl sites for hydroxylation is 1. The summed E-state index contributed by atoms with van der Waals surface area (Å²) in [6, 6.07) is 14.1. The Kier molecular flexibility index (Phi) is 5.30. The van der Waals surface area contributed by atoms with Crippen molar-refractivity contribution in [2.45, 2.75) is 30.7 Å². The summed E-state index contributed by atoms with van der Waals surface area (Å²) in [5.74, 6) is 7.40. The van der Waals surface area contributed by atoms with E-state index in [1.807, 2.05) is 38.1 Å². The summed E-state index contributed by atoms with van der Waals surface area (Å²) < 4.78 is 20.3. The Morgan fingerprint density at radius 1 is 1.03 bits per heavy atom. The Bertz CT molecular complexity index is 1110. The fourth-order valence-electron chi connectivity index (χ4n) is 2.71. The van der Waals surface area contributed by atoms with Gasteiger partial charge < -0.3 is 10.3 Å². The molecule has 0 saturated carbocycles. The number of hydrogen-bond donors (Lipinski definition) is 1. The van der Waals surface area contributed by atoms with Gasteiger partial charge in [-0.2, -0.15) is 0 Å². The second-order valence-corrected chi connectivity index (χ2v) is 7.95. The fourth-order valence-corrected chi connectivity index (χ4v) is 3.53. The number of rotatable bonds is 6. The van der Waals surface area contributed by atoms with Crippen molar-refractivity contribution < 1.29 is 8.81 Å². The van der Waals surface area contributed by atoms with Gasteiger partial charge in [0.25, 0.3) is 0 Å². The molecule has 0 saturated heterocycles. The van der Waals surface area contributed by atoms with Gasteiger partial charge in [-0.3, -0.25) is 0 Å². The van der Waals surface area contributed by atoms with Gasteiger partial charge >= 0.3 is 0 Å². The highest BCUT2D eigenvalue weighted by Crippen LogP contribution is 2.34. The Labute approximate surface area is 171 Å². The van der Waals surface area contributed by atoms with Crippen molar-refractivity contribution in [2.75, 3.05) is 5.84 Å². The molecule has 9 heteroatoms. The first-order valence-corrected chi connectivity index (χ1v) is 9.88. The minimum atomic E-state index is -0.280. The summed E-state index contributed by atoms with van der Waals surface area (Å²) in [4.78, 5) is 0. The van der Waals surface area contributed by atoms with Crippen molar-refractivity contribution in [1.29, 1.82) is 0 Å². The fraction of sp³-hybridized carbons (Fsp3) is 0.200. The number of benzene rings is 2. The summed E-state index contributed by atoms with van der Waals surface area (Å²) in [5.41, 5.74) is 2.93. The van der Waals surface area contributed by atoms with E-state index < -0.39 is 0 Å². The number of hydrogen-bond acceptors (Lipinski definition) is 7. The van der Waals surface area contributed by atoms with Gasteiger partial charge in [-0.05, 0) is 43.7 Å². The number of nitrogens with two attached hydrogens (primary N) is 1. The van der Waals surface area contributed by atoms with Crippen LogP contribution in [0.25, 0.3) is 11.5 Å². The van der Waals surface area contributed by atoms with Gasteiger partial charge in [-0.1, -0.05) is 41.6 Å². The first kappa shape index (κ1) is 19.1. The molecule has 4 rings (SSSR count). The predicted molar refractivity (Wildman–Crippen MR) is 108 cm³/mol. The standard InChI is InChI=1S/C20H19FN6OS/c1-12-3-7-15(8-4-12)19-25-24-18(28-19)13(2)29-20-26-23-17(27(20)22)11-14-5-9-16(21)10-6-14/h3-10,13H,11,22H2,1-2H3/t13-/m1/s1. The summed E-state index contributed by atoms with van der Waals surface area (Å²) in [6.45, 7) is 3.96. The summed E-state index contributed by atoms with van der Waals surface area (Å²) in [5, 5.41) is 17.0. The van der Waals surface area contributed by atoms with Crippen molar-refractivity contribution in [1.82, 2.24) is 25.1 Å². The Hall–Kier alpha value is -3.20. The van der Waals surface area contributed by atoms with E-state index in [-0.39, 0.29) is 11.1 Å². The molecule has 0 spiro atoms. The van der Waals surface area contributed by atoms with Crippen LogP contribution in [0.4, 0.5) is 4.39 Å². The van der Waals surface area contributed by atoms with E-state index in [1.165, 1.54) is 28.6 Å². The van der Waals surface area contributed by atoms with Crippen molar-refractivity contribution in [3.8, 4) is 11.5 Å². The second kappa shape index (κ2) is 8.04. The quantitative estimate of drug-likeness (QED) is 0.380. The van der Waals surface area contributed by atoms with E-state index in [4.69, 9.17) is 10.3 Å². The molecule has 7 nitrogen and oxygen atoms in total. The lowest BCUT2D eigenvalue weighted by Crippen LogP contribution is -2.14. The van der Waals surface area contributed by atoms with Crippen LogP contribution in [0.5, 0.6) is 0 Å². The van der Waals surface area contributed by atoms with E-state index in [1.54, 1.807) is 12.1 Å². The van der Waals surface area contributed by atoms with Crippen LogP contribution in [0.15, 0.2) is 58.1 Å². The van der Waals surface area contributed by atoms with Crippen LogP contribution in [0.1, 0.15) is 35.0 Å². The largest absolute Gasteiger partial charge is 0.419 e. The van der Waals surface area contributed by atoms with E-state index in [2.05, 4.69) is 20.4 Å². The number of thioether (sulfide) groups is 1. The second-order valence-electron chi connectivity index (χ2n) is 6.64. The maximum absolute atomic E-state index is 13.1. The zero-order valence-electron chi connectivity index (χ0n) is 15.9. The SMILES string of the molecule is Cc1ccc(-c2nnc([C@@H](C)Sc3nnc(Cc4ccc(F)cc4)n3N)o2)cc1. The Balaban J connectivity index is 1.46. The average molecular weight is 410 g/mol. The topological polar surface area (TPSA) is 95.7 Å². The van der Waals surface area contributed by atoms with Crippen molar-refractivity contribution in [2.24, 2.45) is 0 Å². The third kappa shape index (κ3) is 4.29. The number of aromatic nitrogens is 5. The molecule has 2 aromatic heterocycles. The maximum atomic E-state index is 13.1. The highest BCUT2D eigenvalue weighted by Gasteiger charge is 2.20. The van der Waals surface area contributed by atoms with Gasteiger partial charge in [-0.25, -0.2) is 9.07 Å². The van der Waals surface area contributed by atoms with Crippen molar-refractivity contribution >= 4 is 11.8 Å². The molecule has 0 bridgehead atoms. The monoisotopic (exact) mass is 410 g/mol.